The average molecular weight is 474 g/mol. The second-order valence-corrected chi connectivity index (χ2v) is 10.3. The van der Waals surface area contributed by atoms with Crippen molar-refractivity contribution >= 4 is 27.5 Å². The van der Waals surface area contributed by atoms with Crippen molar-refractivity contribution in [3.8, 4) is 5.75 Å². The van der Waals surface area contributed by atoms with Gasteiger partial charge >= 0.3 is 0 Å². The van der Waals surface area contributed by atoms with E-state index < -0.39 is 22.0 Å². The Hall–Kier alpha value is -2.91. The highest BCUT2D eigenvalue weighted by Gasteiger charge is 2.30. The molecule has 0 aliphatic heterocycles. The molecular weight excluding hydrogens is 442 g/mol. The Balaban J connectivity index is 1.64. The number of benzene rings is 2. The molecule has 178 valence electrons. The maximum Gasteiger partial charge on any atom is 0.241 e. The summed E-state index contributed by atoms with van der Waals surface area (Å²) in [5, 5.41) is 5.77. The van der Waals surface area contributed by atoms with Crippen LogP contribution in [0.2, 0.25) is 0 Å². The molecule has 1 saturated carbocycles. The van der Waals surface area contributed by atoms with E-state index >= 15 is 0 Å². The number of hydrogen-bond donors (Lipinski definition) is 3. The predicted octanol–water partition coefficient (Wildman–Crippen LogP) is 3.22. The molecule has 0 spiro atoms. The van der Waals surface area contributed by atoms with Crippen LogP contribution in [-0.2, 0) is 19.6 Å². The lowest BCUT2D eigenvalue weighted by Gasteiger charge is -2.24. The van der Waals surface area contributed by atoms with Crippen molar-refractivity contribution in [2.24, 2.45) is 11.8 Å². The van der Waals surface area contributed by atoms with Gasteiger partial charge in [0, 0.05) is 11.6 Å². The Morgan fingerprint density at radius 1 is 0.970 bits per heavy atom. The molecule has 8 nitrogen and oxygen atoms in total. The number of anilines is 1. The maximum absolute atomic E-state index is 13.0. The zero-order valence-electron chi connectivity index (χ0n) is 19.3. The van der Waals surface area contributed by atoms with Gasteiger partial charge < -0.3 is 15.4 Å². The average Bonchev–Trinajstić information content (AvgIpc) is 3.63. The van der Waals surface area contributed by atoms with Gasteiger partial charge in [-0.1, -0.05) is 26.0 Å². The van der Waals surface area contributed by atoms with Crippen molar-refractivity contribution < 1.29 is 22.7 Å². The van der Waals surface area contributed by atoms with Crippen LogP contribution in [0.3, 0.4) is 0 Å². The van der Waals surface area contributed by atoms with E-state index in [1.807, 2.05) is 19.1 Å². The van der Waals surface area contributed by atoms with E-state index in [1.165, 1.54) is 19.2 Å². The third-order valence-electron chi connectivity index (χ3n) is 5.59. The highest BCUT2D eigenvalue weighted by Crippen LogP contribution is 2.30. The number of carbonyl (C=O) groups is 2. The smallest absolute Gasteiger partial charge is 0.241 e. The van der Waals surface area contributed by atoms with E-state index in [4.69, 9.17) is 4.74 Å². The largest absolute Gasteiger partial charge is 0.497 e. The first kappa shape index (κ1) is 24.7. The Kier molecular flexibility index (Phi) is 7.76. The van der Waals surface area contributed by atoms with Crippen molar-refractivity contribution in [3.05, 3.63) is 54.1 Å². The van der Waals surface area contributed by atoms with E-state index in [0.29, 0.717) is 11.4 Å². The van der Waals surface area contributed by atoms with Gasteiger partial charge in [-0.05, 0) is 67.6 Å². The Labute approximate surface area is 195 Å². The number of amides is 2. The van der Waals surface area contributed by atoms with E-state index in [-0.39, 0.29) is 28.7 Å². The molecule has 0 aromatic heterocycles. The minimum Gasteiger partial charge on any atom is -0.497 e. The molecule has 0 saturated heterocycles. The molecule has 0 bridgehead atoms. The summed E-state index contributed by atoms with van der Waals surface area (Å²) in [6.07, 6.45) is 1.87. The zero-order valence-corrected chi connectivity index (χ0v) is 20.1. The van der Waals surface area contributed by atoms with Gasteiger partial charge in [0.2, 0.25) is 21.8 Å². The van der Waals surface area contributed by atoms with Gasteiger partial charge in [-0.25, -0.2) is 8.42 Å². The minimum atomic E-state index is -3.90. The van der Waals surface area contributed by atoms with Crippen LogP contribution in [0, 0.1) is 11.8 Å². The third kappa shape index (κ3) is 6.55. The van der Waals surface area contributed by atoms with Crippen LogP contribution in [0.15, 0.2) is 53.4 Å². The molecule has 9 heteroatoms. The van der Waals surface area contributed by atoms with E-state index in [0.717, 1.165) is 18.4 Å². The predicted molar refractivity (Wildman–Crippen MR) is 126 cm³/mol. The molecule has 1 fully saturated rings. The highest BCUT2D eigenvalue weighted by molar-refractivity contribution is 7.89. The van der Waals surface area contributed by atoms with Crippen molar-refractivity contribution in [2.75, 3.05) is 12.4 Å². The van der Waals surface area contributed by atoms with Gasteiger partial charge in [0.05, 0.1) is 18.0 Å². The molecule has 1 aliphatic carbocycles. The molecule has 1 aliphatic rings. The van der Waals surface area contributed by atoms with Gasteiger partial charge in [-0.3, -0.25) is 9.59 Å². The minimum absolute atomic E-state index is 0.0352. The first-order valence-corrected chi connectivity index (χ1v) is 12.5. The summed E-state index contributed by atoms with van der Waals surface area (Å²) >= 11 is 0. The van der Waals surface area contributed by atoms with Crippen LogP contribution in [0.5, 0.6) is 5.75 Å². The topological polar surface area (TPSA) is 114 Å². The first-order valence-electron chi connectivity index (χ1n) is 11.0. The third-order valence-corrected chi connectivity index (χ3v) is 7.04. The molecule has 3 rings (SSSR count). The Morgan fingerprint density at radius 2 is 1.58 bits per heavy atom. The van der Waals surface area contributed by atoms with Crippen LogP contribution in [0.25, 0.3) is 0 Å². The highest BCUT2D eigenvalue weighted by atomic mass is 32.2. The van der Waals surface area contributed by atoms with Crippen molar-refractivity contribution in [1.82, 2.24) is 10.0 Å². The molecule has 2 amide bonds. The zero-order chi connectivity index (χ0) is 24.2. The van der Waals surface area contributed by atoms with Crippen LogP contribution >= 0.6 is 0 Å². The summed E-state index contributed by atoms with van der Waals surface area (Å²) in [5.74, 6) is 0.00977. The fourth-order valence-electron chi connectivity index (χ4n) is 3.31. The number of carbonyl (C=O) groups excluding carboxylic acids is 2. The molecule has 0 radical (unpaired) electrons. The second-order valence-electron chi connectivity index (χ2n) is 8.63. The lowest BCUT2D eigenvalue weighted by molar-refractivity contribution is -0.124. The van der Waals surface area contributed by atoms with Gasteiger partial charge in [-0.2, -0.15) is 4.72 Å². The number of methoxy groups -OCH3 is 1. The fourth-order valence-corrected chi connectivity index (χ4v) is 4.66. The number of sulfonamides is 1. The molecule has 0 heterocycles. The summed E-state index contributed by atoms with van der Waals surface area (Å²) in [5.41, 5.74) is 1.55. The molecule has 2 aromatic rings. The number of ether oxygens (including phenoxy) is 1. The molecule has 3 N–H and O–H groups in total. The monoisotopic (exact) mass is 473 g/mol. The summed E-state index contributed by atoms with van der Waals surface area (Å²) in [7, 11) is -2.40. The fraction of sp³-hybridized carbons (Fsp3) is 0.417. The van der Waals surface area contributed by atoms with Crippen LogP contribution in [0.1, 0.15) is 45.2 Å². The summed E-state index contributed by atoms with van der Waals surface area (Å²) in [4.78, 5) is 24.9. The molecule has 1 unspecified atom stereocenters. The standard InChI is InChI=1S/C24H31N3O5S/c1-15(2)22(27-33(30,31)21-13-11-20(32-4)12-14-21)24(29)25-16(3)17-7-9-19(10-8-17)26-23(28)18-5-6-18/h7-16,18,22,27H,5-6H2,1-4H3,(H,25,29)(H,26,28)/t16?,22-/m0/s1. The van der Waals surface area contributed by atoms with Gasteiger partial charge in [0.1, 0.15) is 11.8 Å². The summed E-state index contributed by atoms with van der Waals surface area (Å²) in [6, 6.07) is 11.9. The number of rotatable bonds is 10. The molecule has 2 aromatic carbocycles. The normalized spacial score (nSPS) is 15.5. The van der Waals surface area contributed by atoms with Gasteiger partial charge in [-0.15, -0.1) is 0 Å². The second kappa shape index (κ2) is 10.4. The first-order chi connectivity index (χ1) is 15.6. The van der Waals surface area contributed by atoms with Gasteiger partial charge in [0.25, 0.3) is 0 Å². The SMILES string of the molecule is COc1ccc(S(=O)(=O)N[C@H](C(=O)NC(C)c2ccc(NC(=O)C3CC3)cc2)C(C)C)cc1. The van der Waals surface area contributed by atoms with E-state index in [9.17, 15) is 18.0 Å². The summed E-state index contributed by atoms with van der Waals surface area (Å²) in [6.45, 7) is 5.39. The van der Waals surface area contributed by atoms with E-state index in [2.05, 4.69) is 15.4 Å². The van der Waals surface area contributed by atoms with Crippen LogP contribution in [-0.4, -0.2) is 33.4 Å². The Bertz CT molecular complexity index is 1080. The number of hydrogen-bond acceptors (Lipinski definition) is 5. The lowest BCUT2D eigenvalue weighted by Crippen LogP contribution is -2.50. The van der Waals surface area contributed by atoms with E-state index in [1.54, 1.807) is 38.1 Å². The molecule has 33 heavy (non-hydrogen) atoms. The summed E-state index contributed by atoms with van der Waals surface area (Å²) < 4.78 is 33.2. The van der Waals surface area contributed by atoms with Crippen LogP contribution < -0.4 is 20.1 Å². The van der Waals surface area contributed by atoms with Crippen LogP contribution in [0.4, 0.5) is 5.69 Å². The molecular formula is C24H31N3O5S. The molecule has 2 atom stereocenters. The van der Waals surface area contributed by atoms with Crippen molar-refractivity contribution in [2.45, 2.75) is 50.6 Å². The van der Waals surface area contributed by atoms with Crippen molar-refractivity contribution in [1.29, 1.82) is 0 Å². The van der Waals surface area contributed by atoms with Gasteiger partial charge in [0.15, 0.2) is 0 Å². The Morgan fingerprint density at radius 3 is 2.09 bits per heavy atom. The maximum atomic E-state index is 13.0. The lowest BCUT2D eigenvalue weighted by atomic mass is 10.0. The van der Waals surface area contributed by atoms with Crippen molar-refractivity contribution in [3.63, 3.8) is 0 Å². The quantitative estimate of drug-likeness (QED) is 0.490. The number of nitrogens with one attached hydrogen (secondary N) is 3.